The van der Waals surface area contributed by atoms with Crippen LogP contribution in [0.1, 0.15) is 22.5 Å². The molecule has 1 aromatic heterocycles. The molecule has 5 nitrogen and oxygen atoms in total. The minimum atomic E-state index is -0.0899. The van der Waals surface area contributed by atoms with E-state index in [4.69, 9.17) is 4.52 Å². The quantitative estimate of drug-likeness (QED) is 0.736. The fourth-order valence-corrected chi connectivity index (χ4v) is 3.06. The number of aromatic nitrogens is 1. The molecular formula is C20H16N2O3. The van der Waals surface area contributed by atoms with Gasteiger partial charge in [-0.3, -0.25) is 9.59 Å². The molecule has 0 unspecified atom stereocenters. The molecule has 0 saturated heterocycles. The molecule has 2 aromatic carbocycles. The topological polar surface area (TPSA) is 63.4 Å². The van der Waals surface area contributed by atoms with E-state index < -0.39 is 0 Å². The van der Waals surface area contributed by atoms with Gasteiger partial charge in [0.2, 0.25) is 5.91 Å². The number of nitrogens with zero attached hydrogens (tertiary/aromatic N) is 2. The molecule has 0 radical (unpaired) electrons. The van der Waals surface area contributed by atoms with Crippen LogP contribution in [0.4, 0.5) is 5.69 Å². The fraction of sp³-hybridized carbons (Fsp3) is 0.150. The summed E-state index contributed by atoms with van der Waals surface area (Å²) in [5.41, 5.74) is 2.78. The summed E-state index contributed by atoms with van der Waals surface area (Å²) in [7, 11) is 0. The molecule has 4 rings (SSSR count). The van der Waals surface area contributed by atoms with Crippen molar-refractivity contribution in [1.82, 2.24) is 5.16 Å². The number of para-hydroxylation sites is 1. The van der Waals surface area contributed by atoms with Crippen LogP contribution < -0.4 is 4.90 Å². The molecule has 2 heterocycles. The molecule has 0 fully saturated rings. The van der Waals surface area contributed by atoms with Crippen molar-refractivity contribution in [3.05, 3.63) is 71.9 Å². The molecule has 0 bridgehead atoms. The number of anilines is 1. The first-order valence-corrected chi connectivity index (χ1v) is 8.16. The third-order valence-corrected chi connectivity index (χ3v) is 4.31. The number of hydrogen-bond donors (Lipinski definition) is 0. The average Bonchev–Trinajstić information content (AvgIpc) is 3.11. The van der Waals surface area contributed by atoms with E-state index >= 15 is 0 Å². The molecule has 25 heavy (non-hydrogen) atoms. The Labute approximate surface area is 144 Å². The summed E-state index contributed by atoms with van der Waals surface area (Å²) in [6.07, 6.45) is 0.482. The van der Waals surface area contributed by atoms with Crippen molar-refractivity contribution >= 4 is 17.4 Å². The zero-order valence-corrected chi connectivity index (χ0v) is 13.5. The Morgan fingerprint density at radius 1 is 1.08 bits per heavy atom. The zero-order valence-electron chi connectivity index (χ0n) is 13.5. The number of Topliss-reactive ketones (excluding diaryl/α,β-unsaturated/α-hetero) is 1. The summed E-state index contributed by atoms with van der Waals surface area (Å²) in [6, 6.07) is 18.6. The van der Waals surface area contributed by atoms with Crippen molar-refractivity contribution in [2.45, 2.75) is 12.8 Å². The third-order valence-electron chi connectivity index (χ3n) is 4.31. The van der Waals surface area contributed by atoms with Crippen LogP contribution in [-0.2, 0) is 11.2 Å². The minimum Gasteiger partial charge on any atom is -0.356 e. The highest BCUT2D eigenvalue weighted by Crippen LogP contribution is 2.27. The molecule has 0 atom stereocenters. The van der Waals surface area contributed by atoms with Crippen molar-refractivity contribution in [1.29, 1.82) is 0 Å². The highest BCUT2D eigenvalue weighted by Gasteiger charge is 2.27. The fourth-order valence-electron chi connectivity index (χ4n) is 3.06. The first-order valence-electron chi connectivity index (χ1n) is 8.16. The Bertz CT molecular complexity index is 931. The zero-order chi connectivity index (χ0) is 17.2. The van der Waals surface area contributed by atoms with Gasteiger partial charge in [0.05, 0.1) is 17.8 Å². The van der Waals surface area contributed by atoms with Gasteiger partial charge in [-0.1, -0.05) is 47.6 Å². The molecule has 0 saturated carbocycles. The predicted molar refractivity (Wildman–Crippen MR) is 93.4 cm³/mol. The Morgan fingerprint density at radius 3 is 2.68 bits per heavy atom. The number of rotatable bonds is 3. The predicted octanol–water partition coefficient (Wildman–Crippen LogP) is 3.50. The largest absolute Gasteiger partial charge is 0.356 e. The number of amides is 1. The smallest absolute Gasteiger partial charge is 0.233 e. The van der Waals surface area contributed by atoms with E-state index in [-0.39, 0.29) is 18.1 Å². The van der Waals surface area contributed by atoms with Gasteiger partial charge in [0.15, 0.2) is 11.5 Å². The first-order chi connectivity index (χ1) is 12.2. The molecule has 124 valence electrons. The lowest BCUT2D eigenvalue weighted by molar-refractivity contribution is -0.118. The van der Waals surface area contributed by atoms with Crippen LogP contribution in [0.5, 0.6) is 0 Å². The monoisotopic (exact) mass is 332 g/mol. The molecule has 0 aliphatic carbocycles. The summed E-state index contributed by atoms with van der Waals surface area (Å²) in [6.45, 7) is 0.401. The van der Waals surface area contributed by atoms with E-state index in [0.717, 1.165) is 5.56 Å². The molecule has 3 aromatic rings. The van der Waals surface area contributed by atoms with Crippen molar-refractivity contribution < 1.29 is 14.1 Å². The third kappa shape index (κ3) is 2.96. The van der Waals surface area contributed by atoms with Crippen molar-refractivity contribution in [2.24, 2.45) is 0 Å². The van der Waals surface area contributed by atoms with Crippen LogP contribution in [0.25, 0.3) is 11.3 Å². The summed E-state index contributed by atoms with van der Waals surface area (Å²) >= 11 is 0. The second-order valence-electron chi connectivity index (χ2n) is 5.96. The number of carbonyl (C=O) groups is 2. The van der Waals surface area contributed by atoms with E-state index in [2.05, 4.69) is 5.16 Å². The van der Waals surface area contributed by atoms with Gasteiger partial charge in [0.25, 0.3) is 0 Å². The van der Waals surface area contributed by atoms with Gasteiger partial charge in [-0.15, -0.1) is 0 Å². The second-order valence-corrected chi connectivity index (χ2v) is 5.96. The van der Waals surface area contributed by atoms with E-state index in [0.29, 0.717) is 35.7 Å². The summed E-state index contributed by atoms with van der Waals surface area (Å²) in [5.74, 6) is 0.623. The normalized spacial score (nSPS) is 13.6. The Hall–Kier alpha value is -3.21. The average molecular weight is 332 g/mol. The van der Waals surface area contributed by atoms with Gasteiger partial charge in [-0.05, 0) is 12.1 Å². The van der Waals surface area contributed by atoms with Crippen LogP contribution in [0.15, 0.2) is 65.2 Å². The second kappa shape index (κ2) is 6.36. The number of fused-ring (bicyclic) bond motifs is 1. The van der Waals surface area contributed by atoms with Gasteiger partial charge >= 0.3 is 0 Å². The SMILES string of the molecule is O=C1CCN(C(=O)Cc2cc(-c3ccccc3)on2)c2ccccc21. The first kappa shape index (κ1) is 15.3. The molecule has 0 N–H and O–H groups in total. The van der Waals surface area contributed by atoms with Crippen LogP contribution in [0, 0.1) is 0 Å². The summed E-state index contributed by atoms with van der Waals surface area (Å²) in [5, 5.41) is 4.01. The van der Waals surface area contributed by atoms with Crippen molar-refractivity contribution in [3.63, 3.8) is 0 Å². The molecule has 1 amide bonds. The number of hydrogen-bond acceptors (Lipinski definition) is 4. The lowest BCUT2D eigenvalue weighted by Gasteiger charge is -2.28. The summed E-state index contributed by atoms with van der Waals surface area (Å²) < 4.78 is 5.35. The Kier molecular flexibility index (Phi) is 3.90. The maximum absolute atomic E-state index is 12.7. The molecule has 5 heteroatoms. The number of benzene rings is 2. The van der Waals surface area contributed by atoms with Gasteiger partial charge in [0.1, 0.15) is 0 Å². The molecule has 1 aliphatic heterocycles. The van der Waals surface area contributed by atoms with E-state index in [1.54, 1.807) is 17.0 Å². The standard InChI is InChI=1S/C20H16N2O3/c23-18-10-11-22(17-9-5-4-8-16(17)18)20(24)13-15-12-19(25-21-15)14-6-2-1-3-7-14/h1-9,12H,10-11,13H2. The number of ketones is 1. The lowest BCUT2D eigenvalue weighted by atomic mass is 10.00. The maximum Gasteiger partial charge on any atom is 0.233 e. The van der Waals surface area contributed by atoms with Crippen molar-refractivity contribution in [2.75, 3.05) is 11.4 Å². The van der Waals surface area contributed by atoms with Gasteiger partial charge in [-0.25, -0.2) is 0 Å². The van der Waals surface area contributed by atoms with E-state index in [1.807, 2.05) is 48.5 Å². The van der Waals surface area contributed by atoms with E-state index in [9.17, 15) is 9.59 Å². The minimum absolute atomic E-state index is 0.0763. The summed E-state index contributed by atoms with van der Waals surface area (Å²) in [4.78, 5) is 26.4. The Morgan fingerprint density at radius 2 is 1.84 bits per heavy atom. The lowest BCUT2D eigenvalue weighted by Crippen LogP contribution is -2.38. The molecule has 1 aliphatic rings. The maximum atomic E-state index is 12.7. The highest BCUT2D eigenvalue weighted by atomic mass is 16.5. The molecule has 0 spiro atoms. The van der Waals surface area contributed by atoms with Crippen molar-refractivity contribution in [3.8, 4) is 11.3 Å². The van der Waals surface area contributed by atoms with Crippen LogP contribution in [0.2, 0.25) is 0 Å². The van der Waals surface area contributed by atoms with Crippen LogP contribution in [-0.4, -0.2) is 23.4 Å². The van der Waals surface area contributed by atoms with Crippen LogP contribution >= 0.6 is 0 Å². The van der Waals surface area contributed by atoms with Gasteiger partial charge in [-0.2, -0.15) is 0 Å². The van der Waals surface area contributed by atoms with E-state index in [1.165, 1.54) is 0 Å². The number of carbonyl (C=O) groups excluding carboxylic acids is 2. The van der Waals surface area contributed by atoms with Crippen LogP contribution in [0.3, 0.4) is 0 Å². The van der Waals surface area contributed by atoms with Gasteiger partial charge in [0, 0.05) is 30.2 Å². The van der Waals surface area contributed by atoms with Gasteiger partial charge < -0.3 is 9.42 Å². The molecular weight excluding hydrogens is 316 g/mol. The Balaban J connectivity index is 1.55. The highest BCUT2D eigenvalue weighted by molar-refractivity contribution is 6.09.